The number of rotatable bonds is 3. The fourth-order valence-corrected chi connectivity index (χ4v) is 4.96. The monoisotopic (exact) mass is 498 g/mol. The highest BCUT2D eigenvalue weighted by molar-refractivity contribution is 6.02. The van der Waals surface area contributed by atoms with Gasteiger partial charge >= 0.3 is 6.03 Å². The van der Waals surface area contributed by atoms with Crippen molar-refractivity contribution in [3.05, 3.63) is 29.6 Å². The largest absolute Gasteiger partial charge is 0.469 e. The summed E-state index contributed by atoms with van der Waals surface area (Å²) < 4.78 is 27.2. The number of carbonyl (C=O) groups excluding carboxylic acids is 2. The molecule has 2 aromatic rings. The molecule has 2 unspecified atom stereocenters. The van der Waals surface area contributed by atoms with E-state index < -0.39 is 17.4 Å². The first-order valence-corrected chi connectivity index (χ1v) is 12.2. The van der Waals surface area contributed by atoms with Crippen molar-refractivity contribution in [1.29, 1.82) is 0 Å². The molecule has 2 atom stereocenters. The molecule has 0 radical (unpaired) electrons. The molecule has 3 aliphatic rings. The van der Waals surface area contributed by atoms with Crippen LogP contribution in [0, 0.1) is 11.7 Å². The van der Waals surface area contributed by atoms with E-state index in [1.807, 2.05) is 13.8 Å². The number of hydrogen-bond acceptors (Lipinski definition) is 7. The first-order valence-electron chi connectivity index (χ1n) is 12.2. The van der Waals surface area contributed by atoms with Gasteiger partial charge in [0.25, 0.3) is 5.91 Å². The molecule has 5 rings (SSSR count). The summed E-state index contributed by atoms with van der Waals surface area (Å²) in [6.45, 7) is 6.03. The number of nitrogens with zero attached hydrogens (tertiary/aromatic N) is 4. The van der Waals surface area contributed by atoms with E-state index in [4.69, 9.17) is 19.4 Å². The van der Waals surface area contributed by atoms with Crippen LogP contribution >= 0.6 is 0 Å². The summed E-state index contributed by atoms with van der Waals surface area (Å²) >= 11 is 0. The van der Waals surface area contributed by atoms with Crippen LogP contribution in [0.2, 0.25) is 0 Å². The van der Waals surface area contributed by atoms with Crippen LogP contribution in [0.1, 0.15) is 37.0 Å². The maximum atomic E-state index is 15.0. The first-order chi connectivity index (χ1) is 17.1. The van der Waals surface area contributed by atoms with Gasteiger partial charge in [0.1, 0.15) is 17.0 Å². The molecule has 11 heteroatoms. The van der Waals surface area contributed by atoms with E-state index in [1.165, 1.54) is 19.2 Å². The van der Waals surface area contributed by atoms with E-state index in [0.29, 0.717) is 37.1 Å². The number of ether oxygens (including phenoxy) is 2. The van der Waals surface area contributed by atoms with E-state index in [0.717, 1.165) is 19.4 Å². The summed E-state index contributed by atoms with van der Waals surface area (Å²) in [6, 6.07) is 3.79. The third-order valence-corrected chi connectivity index (χ3v) is 6.91. The molecule has 1 aromatic carbocycles. The van der Waals surface area contributed by atoms with Gasteiger partial charge in [0.15, 0.2) is 0 Å². The van der Waals surface area contributed by atoms with Gasteiger partial charge in [-0.2, -0.15) is 4.98 Å². The van der Waals surface area contributed by atoms with E-state index in [9.17, 15) is 9.59 Å². The Kier molecular flexibility index (Phi) is 6.19. The van der Waals surface area contributed by atoms with Crippen molar-refractivity contribution in [2.45, 2.75) is 38.4 Å². The van der Waals surface area contributed by atoms with Crippen LogP contribution in [0.15, 0.2) is 18.2 Å². The number of urea groups is 1. The Hall–Kier alpha value is -3.47. The van der Waals surface area contributed by atoms with Gasteiger partial charge in [-0.15, -0.1) is 0 Å². The lowest BCUT2D eigenvalue weighted by atomic mass is 9.82. The standard InChI is InChI=1S/C25H31FN6O4/c1-25(2)13-31(4)22(33)19-20(14-5-7-17(16(26)11-14)28-24(34)27-3)29-23(30-21(19)36-25)32-9-10-35-18-8-6-15(18)12-32/h5,7,11,15,18H,6,8-10,12-13H2,1-4H3,(H2,27,28,34). The average molecular weight is 499 g/mol. The fourth-order valence-electron chi connectivity index (χ4n) is 4.96. The first kappa shape index (κ1) is 24.2. The Labute approximate surface area is 209 Å². The summed E-state index contributed by atoms with van der Waals surface area (Å²) in [7, 11) is 3.14. The van der Waals surface area contributed by atoms with Crippen molar-refractivity contribution >= 4 is 23.6 Å². The van der Waals surface area contributed by atoms with Crippen LogP contribution in [0.5, 0.6) is 5.88 Å². The number of carbonyl (C=O) groups is 2. The molecule has 1 saturated heterocycles. The van der Waals surface area contributed by atoms with Gasteiger partial charge in [0.05, 0.1) is 30.6 Å². The predicted octanol–water partition coefficient (Wildman–Crippen LogP) is 2.89. The smallest absolute Gasteiger partial charge is 0.319 e. The van der Waals surface area contributed by atoms with Crippen LogP contribution in [-0.2, 0) is 4.74 Å². The number of likely N-dealkylation sites (N-methyl/N-ethyl adjacent to an activating group) is 1. The Morgan fingerprint density at radius 1 is 1.25 bits per heavy atom. The van der Waals surface area contributed by atoms with Gasteiger partial charge in [-0.1, -0.05) is 6.07 Å². The van der Waals surface area contributed by atoms with Crippen molar-refractivity contribution < 1.29 is 23.5 Å². The minimum atomic E-state index is -0.688. The minimum absolute atomic E-state index is 0.0139. The maximum absolute atomic E-state index is 15.0. The van der Waals surface area contributed by atoms with E-state index in [-0.39, 0.29) is 34.8 Å². The number of fused-ring (bicyclic) bond motifs is 2. The lowest BCUT2D eigenvalue weighted by molar-refractivity contribution is -0.0267. The molecule has 3 amide bonds. The zero-order valence-corrected chi connectivity index (χ0v) is 20.9. The maximum Gasteiger partial charge on any atom is 0.319 e. The molecular weight excluding hydrogens is 467 g/mol. The molecular formula is C25H31FN6O4. The van der Waals surface area contributed by atoms with E-state index in [1.54, 1.807) is 18.0 Å². The Morgan fingerprint density at radius 2 is 2.06 bits per heavy atom. The summed E-state index contributed by atoms with van der Waals surface area (Å²) in [6.07, 6.45) is 2.40. The highest BCUT2D eigenvalue weighted by atomic mass is 19.1. The lowest BCUT2D eigenvalue weighted by Gasteiger charge is -2.35. The van der Waals surface area contributed by atoms with Gasteiger partial charge in [-0.3, -0.25) is 4.79 Å². The summed E-state index contributed by atoms with van der Waals surface area (Å²) in [5, 5.41) is 4.84. The van der Waals surface area contributed by atoms with Gasteiger partial charge in [-0.25, -0.2) is 14.2 Å². The van der Waals surface area contributed by atoms with Gasteiger partial charge < -0.3 is 29.9 Å². The van der Waals surface area contributed by atoms with Crippen LogP contribution in [0.25, 0.3) is 11.3 Å². The molecule has 2 fully saturated rings. The van der Waals surface area contributed by atoms with Crippen molar-refractivity contribution in [3.8, 4) is 17.1 Å². The number of benzene rings is 1. The molecule has 0 bridgehead atoms. The van der Waals surface area contributed by atoms with Crippen molar-refractivity contribution in [2.24, 2.45) is 5.92 Å². The van der Waals surface area contributed by atoms with Crippen molar-refractivity contribution in [1.82, 2.24) is 20.2 Å². The third-order valence-electron chi connectivity index (χ3n) is 6.91. The van der Waals surface area contributed by atoms with Crippen molar-refractivity contribution in [2.75, 3.05) is 50.6 Å². The quantitative estimate of drug-likeness (QED) is 0.670. The zero-order chi connectivity index (χ0) is 25.6. The van der Waals surface area contributed by atoms with Gasteiger partial charge in [-0.05, 0) is 38.8 Å². The van der Waals surface area contributed by atoms with Crippen LogP contribution in [0.4, 0.5) is 20.8 Å². The van der Waals surface area contributed by atoms with Crippen molar-refractivity contribution in [3.63, 3.8) is 0 Å². The Balaban J connectivity index is 1.62. The predicted molar refractivity (Wildman–Crippen MR) is 132 cm³/mol. The molecule has 10 nitrogen and oxygen atoms in total. The molecule has 1 aromatic heterocycles. The van der Waals surface area contributed by atoms with Crippen LogP contribution in [-0.4, -0.2) is 78.8 Å². The second kappa shape index (κ2) is 9.20. The topological polar surface area (TPSA) is 109 Å². The number of aromatic nitrogens is 2. The molecule has 2 aliphatic heterocycles. The van der Waals surface area contributed by atoms with Crippen LogP contribution in [0.3, 0.4) is 0 Å². The summed E-state index contributed by atoms with van der Waals surface area (Å²) in [5.41, 5.74) is 0.176. The van der Waals surface area contributed by atoms with E-state index in [2.05, 4.69) is 15.5 Å². The fraction of sp³-hybridized carbons (Fsp3) is 0.520. The number of halogens is 1. The summed E-state index contributed by atoms with van der Waals surface area (Å²) in [5.74, 6) is 0.0409. The minimum Gasteiger partial charge on any atom is -0.469 e. The number of amides is 3. The molecule has 2 N–H and O–H groups in total. The molecule has 1 aliphatic carbocycles. The second-order valence-corrected chi connectivity index (χ2v) is 10.2. The normalized spacial score (nSPS) is 22.9. The third kappa shape index (κ3) is 4.55. The lowest BCUT2D eigenvalue weighted by Crippen LogP contribution is -2.41. The molecule has 3 heterocycles. The number of hydrogen-bond donors (Lipinski definition) is 2. The molecule has 36 heavy (non-hydrogen) atoms. The highest BCUT2D eigenvalue weighted by Gasteiger charge is 2.39. The second-order valence-electron chi connectivity index (χ2n) is 10.2. The van der Waals surface area contributed by atoms with E-state index >= 15 is 4.39 Å². The Bertz CT molecular complexity index is 1210. The summed E-state index contributed by atoms with van der Waals surface area (Å²) in [4.78, 5) is 38.3. The molecule has 1 saturated carbocycles. The number of nitrogens with one attached hydrogen (secondary N) is 2. The Morgan fingerprint density at radius 3 is 2.75 bits per heavy atom. The molecule has 0 spiro atoms. The average Bonchev–Trinajstić information content (AvgIpc) is 3.01. The zero-order valence-electron chi connectivity index (χ0n) is 20.9. The van der Waals surface area contributed by atoms with Crippen LogP contribution < -0.4 is 20.3 Å². The number of anilines is 2. The highest BCUT2D eigenvalue weighted by Crippen LogP contribution is 2.38. The van der Waals surface area contributed by atoms with Gasteiger partial charge in [0, 0.05) is 38.7 Å². The molecule has 192 valence electrons. The SMILES string of the molecule is CNC(=O)Nc1ccc(-c2nc(N3CCOC4CCC4C3)nc3c2C(=O)N(C)CC(C)(C)O3)cc1F. The van der Waals surface area contributed by atoms with Gasteiger partial charge in [0.2, 0.25) is 11.8 Å².